The molecule has 0 heterocycles. The minimum Gasteiger partial charge on any atom is -0.504 e. The van der Waals surface area contributed by atoms with Gasteiger partial charge in [-0.15, -0.1) is 0 Å². The third-order valence-corrected chi connectivity index (χ3v) is 3.82. The van der Waals surface area contributed by atoms with Gasteiger partial charge in [-0.1, -0.05) is 64.4 Å². The number of hydrogen-bond acceptors (Lipinski definition) is 3. The number of phenols is 2. The van der Waals surface area contributed by atoms with Crippen LogP contribution >= 0.6 is 0 Å². The van der Waals surface area contributed by atoms with Gasteiger partial charge in [0.25, 0.3) is 0 Å². The number of phenolic OH excluding ortho intramolecular Hbond substituents is 2. The van der Waals surface area contributed by atoms with Crippen LogP contribution in [0.25, 0.3) is 0 Å². The quantitative estimate of drug-likeness (QED) is 0.335. The Balaban J connectivity index is 2.13. The Morgan fingerprint density at radius 1 is 0.905 bits per heavy atom. The average molecular weight is 292 g/mol. The van der Waals surface area contributed by atoms with E-state index in [-0.39, 0.29) is 22.8 Å². The third-order valence-electron chi connectivity index (χ3n) is 3.82. The minimum absolute atomic E-state index is 0.0913. The van der Waals surface area contributed by atoms with Gasteiger partial charge in [0.15, 0.2) is 17.3 Å². The highest BCUT2D eigenvalue weighted by Gasteiger charge is 2.13. The maximum absolute atomic E-state index is 12.0. The van der Waals surface area contributed by atoms with Crippen LogP contribution in [0.3, 0.4) is 0 Å². The Morgan fingerprint density at radius 2 is 1.48 bits per heavy atom. The van der Waals surface area contributed by atoms with Crippen LogP contribution in [-0.4, -0.2) is 16.0 Å². The van der Waals surface area contributed by atoms with E-state index in [1.54, 1.807) is 12.1 Å². The second kappa shape index (κ2) is 10.3. The van der Waals surface area contributed by atoms with Crippen LogP contribution in [-0.2, 0) is 0 Å². The summed E-state index contributed by atoms with van der Waals surface area (Å²) in [5.41, 5.74) is 0.231. The largest absolute Gasteiger partial charge is 0.504 e. The summed E-state index contributed by atoms with van der Waals surface area (Å²) in [7, 11) is 0. The normalized spacial score (nSPS) is 10.7. The van der Waals surface area contributed by atoms with Gasteiger partial charge in [-0.3, -0.25) is 4.79 Å². The summed E-state index contributed by atoms with van der Waals surface area (Å²) < 4.78 is 0. The average Bonchev–Trinajstić information content (AvgIpc) is 2.48. The van der Waals surface area contributed by atoms with E-state index in [9.17, 15) is 15.0 Å². The number of carbonyl (C=O) groups excluding carboxylic acids is 1. The van der Waals surface area contributed by atoms with Crippen LogP contribution in [0, 0.1) is 0 Å². The molecule has 0 aromatic heterocycles. The van der Waals surface area contributed by atoms with Crippen molar-refractivity contribution >= 4 is 5.78 Å². The molecule has 2 N–H and O–H groups in total. The van der Waals surface area contributed by atoms with Gasteiger partial charge in [0.2, 0.25) is 0 Å². The topological polar surface area (TPSA) is 57.5 Å². The number of ketones is 1. The lowest BCUT2D eigenvalue weighted by Gasteiger charge is -2.05. The molecule has 0 atom stereocenters. The molecule has 0 aliphatic heterocycles. The molecule has 1 aromatic rings. The van der Waals surface area contributed by atoms with Gasteiger partial charge in [-0.05, 0) is 18.6 Å². The molecule has 0 bridgehead atoms. The molecule has 1 rings (SSSR count). The predicted octanol–water partition coefficient (Wildman–Crippen LogP) is 5.20. The molecule has 21 heavy (non-hydrogen) atoms. The minimum atomic E-state index is -0.293. The predicted molar refractivity (Wildman–Crippen MR) is 85.9 cm³/mol. The standard InChI is InChI=1S/C18H28O3/c1-2-3-4-5-6-7-8-9-10-13-16(19)15-12-11-14-17(20)18(15)21/h11-12,14,20-21H,2-10,13H2,1H3. The second-order valence-electron chi connectivity index (χ2n) is 5.67. The lowest BCUT2D eigenvalue weighted by molar-refractivity contribution is 0.0976. The van der Waals surface area contributed by atoms with Crippen LogP contribution < -0.4 is 0 Å². The van der Waals surface area contributed by atoms with Crippen molar-refractivity contribution in [3.05, 3.63) is 23.8 Å². The van der Waals surface area contributed by atoms with Crippen molar-refractivity contribution in [2.45, 2.75) is 71.1 Å². The van der Waals surface area contributed by atoms with E-state index in [1.807, 2.05) is 0 Å². The van der Waals surface area contributed by atoms with Crippen molar-refractivity contribution in [3.63, 3.8) is 0 Å². The van der Waals surface area contributed by atoms with Crippen molar-refractivity contribution in [2.75, 3.05) is 0 Å². The summed E-state index contributed by atoms with van der Waals surface area (Å²) in [6.45, 7) is 2.22. The molecule has 118 valence electrons. The summed E-state index contributed by atoms with van der Waals surface area (Å²) in [5.74, 6) is -0.613. The number of Topliss-reactive ketones (excluding diaryl/α,β-unsaturated/α-hetero) is 1. The molecule has 0 saturated heterocycles. The van der Waals surface area contributed by atoms with Crippen LogP contribution in [0.15, 0.2) is 18.2 Å². The molecule has 3 nitrogen and oxygen atoms in total. The van der Waals surface area contributed by atoms with Crippen molar-refractivity contribution < 1.29 is 15.0 Å². The molecule has 0 aliphatic rings. The molecule has 0 saturated carbocycles. The van der Waals surface area contributed by atoms with Crippen molar-refractivity contribution in [3.8, 4) is 11.5 Å². The first-order valence-electron chi connectivity index (χ1n) is 8.21. The molecule has 1 aromatic carbocycles. The fraction of sp³-hybridized carbons (Fsp3) is 0.611. The fourth-order valence-electron chi connectivity index (χ4n) is 2.49. The second-order valence-corrected chi connectivity index (χ2v) is 5.67. The van der Waals surface area contributed by atoms with E-state index in [0.29, 0.717) is 6.42 Å². The highest BCUT2D eigenvalue weighted by atomic mass is 16.3. The maximum atomic E-state index is 12.0. The molecule has 0 spiro atoms. The van der Waals surface area contributed by atoms with Crippen molar-refractivity contribution in [1.29, 1.82) is 0 Å². The zero-order valence-electron chi connectivity index (χ0n) is 13.1. The number of carbonyl (C=O) groups is 1. The first kappa shape index (κ1) is 17.5. The summed E-state index contributed by atoms with van der Waals surface area (Å²) >= 11 is 0. The Hall–Kier alpha value is -1.51. The zero-order valence-corrected chi connectivity index (χ0v) is 13.1. The molecular formula is C18H28O3. The molecule has 0 fully saturated rings. The number of hydrogen-bond donors (Lipinski definition) is 2. The van der Waals surface area contributed by atoms with Gasteiger partial charge in [0, 0.05) is 6.42 Å². The van der Waals surface area contributed by atoms with E-state index in [4.69, 9.17) is 0 Å². The highest BCUT2D eigenvalue weighted by molar-refractivity contribution is 5.99. The first-order chi connectivity index (χ1) is 10.2. The SMILES string of the molecule is CCCCCCCCCCCC(=O)c1cccc(O)c1O. The lowest BCUT2D eigenvalue weighted by Crippen LogP contribution is -1.99. The van der Waals surface area contributed by atoms with E-state index < -0.39 is 0 Å². The number of para-hydroxylation sites is 1. The van der Waals surface area contributed by atoms with Gasteiger partial charge < -0.3 is 10.2 Å². The maximum Gasteiger partial charge on any atom is 0.168 e. The van der Waals surface area contributed by atoms with E-state index in [1.165, 1.54) is 51.0 Å². The van der Waals surface area contributed by atoms with Crippen LogP contribution in [0.5, 0.6) is 11.5 Å². The summed E-state index contributed by atoms with van der Waals surface area (Å²) in [6, 6.07) is 4.52. The Morgan fingerprint density at radius 3 is 2.10 bits per heavy atom. The summed E-state index contributed by atoms with van der Waals surface area (Å²) in [4.78, 5) is 12.0. The smallest absolute Gasteiger partial charge is 0.168 e. The van der Waals surface area contributed by atoms with Crippen molar-refractivity contribution in [1.82, 2.24) is 0 Å². The van der Waals surface area contributed by atoms with Gasteiger partial charge in [0.05, 0.1) is 5.56 Å². The van der Waals surface area contributed by atoms with E-state index >= 15 is 0 Å². The number of benzene rings is 1. The van der Waals surface area contributed by atoms with Gasteiger partial charge in [0.1, 0.15) is 0 Å². The fourth-order valence-corrected chi connectivity index (χ4v) is 2.49. The monoisotopic (exact) mass is 292 g/mol. The van der Waals surface area contributed by atoms with Gasteiger partial charge in [-0.25, -0.2) is 0 Å². The van der Waals surface area contributed by atoms with E-state index in [2.05, 4.69) is 6.92 Å². The molecule has 0 aliphatic carbocycles. The molecular weight excluding hydrogens is 264 g/mol. The highest BCUT2D eigenvalue weighted by Crippen LogP contribution is 2.29. The van der Waals surface area contributed by atoms with E-state index in [0.717, 1.165) is 12.8 Å². The Bertz CT molecular complexity index is 426. The zero-order chi connectivity index (χ0) is 15.5. The van der Waals surface area contributed by atoms with Gasteiger partial charge >= 0.3 is 0 Å². The summed E-state index contributed by atoms with van der Waals surface area (Å²) in [6.07, 6.45) is 11.3. The van der Waals surface area contributed by atoms with Crippen molar-refractivity contribution in [2.24, 2.45) is 0 Å². The Labute approximate surface area is 128 Å². The van der Waals surface area contributed by atoms with Crippen LogP contribution in [0.2, 0.25) is 0 Å². The van der Waals surface area contributed by atoms with Gasteiger partial charge in [-0.2, -0.15) is 0 Å². The molecule has 0 amide bonds. The molecule has 3 heteroatoms. The number of rotatable bonds is 11. The molecule has 0 unspecified atom stereocenters. The Kier molecular flexibility index (Phi) is 8.56. The van der Waals surface area contributed by atoms with Crippen LogP contribution in [0.1, 0.15) is 81.5 Å². The summed E-state index contributed by atoms with van der Waals surface area (Å²) in [5, 5.41) is 19.0. The lowest BCUT2D eigenvalue weighted by atomic mass is 10.0. The molecule has 0 radical (unpaired) electrons. The third kappa shape index (κ3) is 6.65. The number of unbranched alkanes of at least 4 members (excludes halogenated alkanes) is 8. The first-order valence-corrected chi connectivity index (χ1v) is 8.21. The number of aromatic hydroxyl groups is 2. The van der Waals surface area contributed by atoms with Crippen LogP contribution in [0.4, 0.5) is 0 Å².